The second kappa shape index (κ2) is 13.2. The number of furan rings is 1. The Labute approximate surface area is 243 Å². The van der Waals surface area contributed by atoms with Gasteiger partial charge in [0.05, 0.1) is 6.21 Å². The number of hydrazone groups is 1. The van der Waals surface area contributed by atoms with E-state index in [2.05, 4.69) is 46.4 Å². The molecule has 0 saturated carbocycles. The summed E-state index contributed by atoms with van der Waals surface area (Å²) in [6.45, 7) is 4.12. The number of rotatable bonds is 11. The smallest absolute Gasteiger partial charge is 0.307 e. The summed E-state index contributed by atoms with van der Waals surface area (Å²) in [5, 5.41) is 6.78. The minimum atomic E-state index is -0.514. The van der Waals surface area contributed by atoms with Gasteiger partial charge in [0.1, 0.15) is 23.9 Å². The third-order valence-electron chi connectivity index (χ3n) is 6.34. The summed E-state index contributed by atoms with van der Waals surface area (Å²) >= 11 is 0. The maximum atomic E-state index is 12.6. The van der Waals surface area contributed by atoms with Gasteiger partial charge in [-0.05, 0) is 86.6 Å². The highest BCUT2D eigenvalue weighted by Gasteiger charge is 2.12. The third-order valence-corrected chi connectivity index (χ3v) is 6.34. The molecule has 0 aliphatic carbocycles. The first-order valence-electron chi connectivity index (χ1n) is 13.3. The van der Waals surface area contributed by atoms with Gasteiger partial charge in [0.15, 0.2) is 12.4 Å². The molecule has 0 radical (unpaired) electrons. The van der Waals surface area contributed by atoms with Gasteiger partial charge in [-0.2, -0.15) is 5.10 Å². The molecule has 5 rings (SSSR count). The number of nitrogens with zero attached hydrogens (tertiary/aromatic N) is 2. The highest BCUT2D eigenvalue weighted by molar-refractivity contribution is 5.93. The minimum Gasteiger partial charge on any atom is -0.486 e. The van der Waals surface area contributed by atoms with Crippen LogP contribution in [0.1, 0.15) is 33.3 Å². The first-order valence-corrected chi connectivity index (χ1v) is 13.3. The van der Waals surface area contributed by atoms with E-state index >= 15 is 0 Å². The average molecular weight is 563 g/mol. The lowest BCUT2D eigenvalue weighted by Crippen LogP contribution is -2.20. The molecule has 5 aromatic rings. The van der Waals surface area contributed by atoms with E-state index in [9.17, 15) is 9.59 Å². The van der Waals surface area contributed by atoms with Crippen molar-refractivity contribution < 1.29 is 23.5 Å². The van der Waals surface area contributed by atoms with Gasteiger partial charge in [-0.3, -0.25) is 9.59 Å². The van der Waals surface area contributed by atoms with Crippen molar-refractivity contribution in [1.82, 2.24) is 9.99 Å². The van der Waals surface area contributed by atoms with Crippen LogP contribution in [0.25, 0.3) is 5.69 Å². The summed E-state index contributed by atoms with van der Waals surface area (Å²) in [5.41, 5.74) is 7.10. The molecule has 42 heavy (non-hydrogen) atoms. The summed E-state index contributed by atoms with van der Waals surface area (Å²) in [6.07, 6.45) is 1.44. The van der Waals surface area contributed by atoms with Gasteiger partial charge in [-0.1, -0.05) is 30.3 Å². The molecule has 2 N–H and O–H groups in total. The molecule has 0 atom stereocenters. The second-order valence-electron chi connectivity index (χ2n) is 9.44. The maximum absolute atomic E-state index is 12.6. The predicted molar refractivity (Wildman–Crippen MR) is 160 cm³/mol. The molecule has 0 fully saturated rings. The van der Waals surface area contributed by atoms with Crippen LogP contribution < -0.4 is 20.2 Å². The fourth-order valence-electron chi connectivity index (χ4n) is 4.30. The van der Waals surface area contributed by atoms with Crippen molar-refractivity contribution in [1.29, 1.82) is 0 Å². The predicted octanol–water partition coefficient (Wildman–Crippen LogP) is 6.05. The van der Waals surface area contributed by atoms with Gasteiger partial charge in [-0.25, -0.2) is 5.43 Å². The highest BCUT2D eigenvalue weighted by Crippen LogP contribution is 2.21. The Morgan fingerprint density at radius 1 is 0.833 bits per heavy atom. The Morgan fingerprint density at radius 2 is 1.55 bits per heavy atom. The van der Waals surface area contributed by atoms with Gasteiger partial charge in [-0.15, -0.1) is 0 Å². The van der Waals surface area contributed by atoms with Crippen molar-refractivity contribution in [2.24, 2.45) is 5.10 Å². The Bertz CT molecular complexity index is 1670. The van der Waals surface area contributed by atoms with E-state index in [1.807, 2.05) is 42.5 Å². The van der Waals surface area contributed by atoms with Gasteiger partial charge in [0.25, 0.3) is 5.91 Å². The van der Waals surface area contributed by atoms with Crippen LogP contribution in [0.15, 0.2) is 113 Å². The Kier molecular flexibility index (Phi) is 8.79. The zero-order chi connectivity index (χ0) is 29.3. The molecule has 3 aromatic carbocycles. The third kappa shape index (κ3) is 7.14. The normalized spacial score (nSPS) is 10.9. The molecule has 0 aliphatic rings. The molecule has 2 heterocycles. The van der Waals surface area contributed by atoms with Crippen molar-refractivity contribution in [3.63, 3.8) is 0 Å². The number of aromatic nitrogens is 1. The molecule has 2 aromatic heterocycles. The van der Waals surface area contributed by atoms with Crippen molar-refractivity contribution in [3.8, 4) is 17.2 Å². The van der Waals surface area contributed by atoms with Crippen molar-refractivity contribution in [2.45, 2.75) is 20.5 Å². The lowest BCUT2D eigenvalue weighted by atomic mass is 10.2. The molecular weight excluding hydrogens is 532 g/mol. The monoisotopic (exact) mass is 562 g/mol. The summed E-state index contributed by atoms with van der Waals surface area (Å²) in [4.78, 5) is 24.8. The lowest BCUT2D eigenvalue weighted by Gasteiger charge is -2.10. The number of nitrogens with one attached hydrogen (secondary N) is 2. The number of anilines is 1. The van der Waals surface area contributed by atoms with Crippen LogP contribution in [0.4, 0.5) is 5.69 Å². The SMILES string of the molecule is Cc1ccc(C)n1-c1ccc(OCc2ccc(C(=O)N/N=C/c3ccccc3OCC(=O)Nc3ccccc3)o2)cc1. The highest BCUT2D eigenvalue weighted by atomic mass is 16.5. The average Bonchev–Trinajstić information content (AvgIpc) is 3.62. The van der Waals surface area contributed by atoms with Crippen LogP contribution in [0.5, 0.6) is 11.5 Å². The summed E-state index contributed by atoms with van der Waals surface area (Å²) < 4.78 is 19.3. The molecule has 2 amide bonds. The molecule has 0 saturated heterocycles. The zero-order valence-corrected chi connectivity index (χ0v) is 23.2. The molecule has 0 spiro atoms. The molecule has 0 bridgehead atoms. The number of aryl methyl sites for hydroxylation is 2. The van der Waals surface area contributed by atoms with E-state index in [0.29, 0.717) is 28.5 Å². The second-order valence-corrected chi connectivity index (χ2v) is 9.44. The summed E-state index contributed by atoms with van der Waals surface area (Å²) in [5.74, 6) is 0.923. The lowest BCUT2D eigenvalue weighted by molar-refractivity contribution is -0.118. The van der Waals surface area contributed by atoms with E-state index in [1.54, 1.807) is 48.5 Å². The largest absolute Gasteiger partial charge is 0.486 e. The summed E-state index contributed by atoms with van der Waals surface area (Å²) in [6, 6.07) is 31.4. The van der Waals surface area contributed by atoms with Gasteiger partial charge in [0, 0.05) is 28.3 Å². The van der Waals surface area contributed by atoms with Crippen LogP contribution >= 0.6 is 0 Å². The minimum absolute atomic E-state index is 0.0989. The number of carbonyl (C=O) groups is 2. The first-order chi connectivity index (χ1) is 20.5. The van der Waals surface area contributed by atoms with Crippen LogP contribution in [-0.2, 0) is 11.4 Å². The number of amides is 2. The molecular formula is C33H30N4O5. The van der Waals surface area contributed by atoms with Crippen LogP contribution in [0, 0.1) is 13.8 Å². The van der Waals surface area contributed by atoms with E-state index in [4.69, 9.17) is 13.9 Å². The fraction of sp³-hybridized carbons (Fsp3) is 0.121. The molecule has 9 nitrogen and oxygen atoms in total. The molecule has 212 valence electrons. The Balaban J connectivity index is 1.11. The molecule has 0 unspecified atom stereocenters. The topological polar surface area (TPSA) is 107 Å². The van der Waals surface area contributed by atoms with E-state index in [0.717, 1.165) is 17.1 Å². The Morgan fingerprint density at radius 3 is 2.31 bits per heavy atom. The van der Waals surface area contributed by atoms with Crippen LogP contribution in [0.2, 0.25) is 0 Å². The number of carbonyl (C=O) groups excluding carboxylic acids is 2. The van der Waals surface area contributed by atoms with E-state index in [1.165, 1.54) is 6.21 Å². The van der Waals surface area contributed by atoms with E-state index in [-0.39, 0.29) is 24.9 Å². The number of hydrogen-bond acceptors (Lipinski definition) is 6. The van der Waals surface area contributed by atoms with Gasteiger partial charge < -0.3 is 23.8 Å². The number of benzene rings is 3. The first kappa shape index (κ1) is 28.0. The molecule has 9 heteroatoms. The van der Waals surface area contributed by atoms with Crippen molar-refractivity contribution in [2.75, 3.05) is 11.9 Å². The van der Waals surface area contributed by atoms with E-state index < -0.39 is 5.91 Å². The van der Waals surface area contributed by atoms with Crippen LogP contribution in [0.3, 0.4) is 0 Å². The van der Waals surface area contributed by atoms with Crippen LogP contribution in [-0.4, -0.2) is 29.2 Å². The van der Waals surface area contributed by atoms with Gasteiger partial charge >= 0.3 is 5.91 Å². The summed E-state index contributed by atoms with van der Waals surface area (Å²) in [7, 11) is 0. The van der Waals surface area contributed by atoms with Crippen molar-refractivity contribution in [3.05, 3.63) is 132 Å². The van der Waals surface area contributed by atoms with Crippen molar-refractivity contribution >= 4 is 23.7 Å². The Hall–Kier alpha value is -5.57. The quantitative estimate of drug-likeness (QED) is 0.151. The fourth-order valence-corrected chi connectivity index (χ4v) is 4.30. The van der Waals surface area contributed by atoms with Gasteiger partial charge in [0.2, 0.25) is 0 Å². The number of para-hydroxylation sites is 2. The standard InChI is InChI=1S/C33H30N4O5/c1-23-12-13-24(2)37(23)27-14-16-28(17-15-27)40-21-29-18-19-31(42-29)33(39)36-34-20-25-8-6-7-11-30(25)41-22-32(38)35-26-9-4-3-5-10-26/h3-20H,21-22H2,1-2H3,(H,35,38)(H,36,39)/b34-20+. The zero-order valence-electron chi connectivity index (χ0n) is 23.2. The number of ether oxygens (including phenoxy) is 2. The molecule has 0 aliphatic heterocycles. The number of hydrogen-bond donors (Lipinski definition) is 2. The maximum Gasteiger partial charge on any atom is 0.307 e.